The first kappa shape index (κ1) is 12.9. The SMILES string of the molecule is CC(C)C(C)NCCCS(C)(=O)=O. The molecule has 1 unspecified atom stereocenters. The molecule has 1 N–H and O–H groups in total. The zero-order chi connectivity index (χ0) is 10.5. The second kappa shape index (κ2) is 5.60. The molecular weight excluding hydrogens is 186 g/mol. The quantitative estimate of drug-likeness (QED) is 0.662. The monoisotopic (exact) mass is 207 g/mol. The molecular formula is C9H21NO2S. The molecule has 0 amide bonds. The summed E-state index contributed by atoms with van der Waals surface area (Å²) in [6.07, 6.45) is 1.98. The van der Waals surface area contributed by atoms with E-state index in [1.54, 1.807) is 0 Å². The fraction of sp³-hybridized carbons (Fsp3) is 1.00. The van der Waals surface area contributed by atoms with E-state index in [1.165, 1.54) is 6.26 Å². The molecule has 0 aromatic carbocycles. The minimum Gasteiger partial charge on any atom is -0.314 e. The summed E-state index contributed by atoms with van der Waals surface area (Å²) < 4.78 is 21.6. The van der Waals surface area contributed by atoms with Crippen molar-refractivity contribution in [3.05, 3.63) is 0 Å². The largest absolute Gasteiger partial charge is 0.314 e. The van der Waals surface area contributed by atoms with Gasteiger partial charge in [-0.05, 0) is 25.8 Å². The Hall–Kier alpha value is -0.0900. The van der Waals surface area contributed by atoms with Crippen molar-refractivity contribution in [1.82, 2.24) is 5.32 Å². The number of hydrogen-bond donors (Lipinski definition) is 1. The fourth-order valence-corrected chi connectivity index (χ4v) is 1.57. The van der Waals surface area contributed by atoms with Gasteiger partial charge < -0.3 is 5.32 Å². The highest BCUT2D eigenvalue weighted by atomic mass is 32.2. The summed E-state index contributed by atoms with van der Waals surface area (Å²) in [7, 11) is -2.78. The van der Waals surface area contributed by atoms with Gasteiger partial charge in [0.2, 0.25) is 0 Å². The Balaban J connectivity index is 3.47. The van der Waals surface area contributed by atoms with Crippen molar-refractivity contribution in [3.63, 3.8) is 0 Å². The van der Waals surface area contributed by atoms with Crippen LogP contribution < -0.4 is 5.32 Å². The van der Waals surface area contributed by atoms with E-state index < -0.39 is 9.84 Å². The van der Waals surface area contributed by atoms with Gasteiger partial charge in [0, 0.05) is 12.3 Å². The Bertz CT molecular complexity index is 222. The molecule has 0 rings (SSSR count). The average Bonchev–Trinajstić information content (AvgIpc) is 1.95. The molecule has 0 bridgehead atoms. The third-order valence-corrected chi connectivity index (χ3v) is 3.19. The van der Waals surface area contributed by atoms with Crippen molar-refractivity contribution in [3.8, 4) is 0 Å². The number of rotatable bonds is 6. The molecule has 0 aromatic rings. The van der Waals surface area contributed by atoms with Gasteiger partial charge in [0.15, 0.2) is 0 Å². The van der Waals surface area contributed by atoms with Crippen molar-refractivity contribution in [2.45, 2.75) is 33.2 Å². The van der Waals surface area contributed by atoms with Crippen LogP contribution in [0.1, 0.15) is 27.2 Å². The van der Waals surface area contributed by atoms with Crippen LogP contribution in [-0.4, -0.2) is 33.0 Å². The van der Waals surface area contributed by atoms with Crippen LogP contribution in [0.15, 0.2) is 0 Å². The third-order valence-electron chi connectivity index (χ3n) is 2.16. The van der Waals surface area contributed by atoms with E-state index >= 15 is 0 Å². The fourth-order valence-electron chi connectivity index (χ4n) is 0.900. The van der Waals surface area contributed by atoms with Gasteiger partial charge in [-0.2, -0.15) is 0 Å². The predicted octanol–water partition coefficient (Wildman–Crippen LogP) is 1.06. The number of nitrogens with one attached hydrogen (secondary N) is 1. The molecule has 0 saturated carbocycles. The highest BCUT2D eigenvalue weighted by Gasteiger charge is 2.06. The van der Waals surface area contributed by atoms with Crippen molar-refractivity contribution in [2.24, 2.45) is 5.92 Å². The van der Waals surface area contributed by atoms with Crippen molar-refractivity contribution >= 4 is 9.84 Å². The lowest BCUT2D eigenvalue weighted by atomic mass is 10.1. The van der Waals surface area contributed by atoms with Crippen LogP contribution in [0.25, 0.3) is 0 Å². The zero-order valence-corrected chi connectivity index (χ0v) is 9.82. The predicted molar refractivity (Wildman–Crippen MR) is 56.6 cm³/mol. The topological polar surface area (TPSA) is 46.2 Å². The van der Waals surface area contributed by atoms with Crippen LogP contribution in [0.2, 0.25) is 0 Å². The number of sulfone groups is 1. The van der Waals surface area contributed by atoms with Crippen molar-refractivity contribution < 1.29 is 8.42 Å². The molecule has 0 radical (unpaired) electrons. The van der Waals surface area contributed by atoms with Gasteiger partial charge >= 0.3 is 0 Å². The first-order valence-corrected chi connectivity index (χ1v) is 6.80. The van der Waals surface area contributed by atoms with E-state index in [0.29, 0.717) is 18.4 Å². The lowest BCUT2D eigenvalue weighted by Gasteiger charge is -2.16. The minimum atomic E-state index is -2.78. The first-order valence-electron chi connectivity index (χ1n) is 4.74. The van der Waals surface area contributed by atoms with E-state index in [2.05, 4.69) is 26.1 Å². The molecule has 0 spiro atoms. The van der Waals surface area contributed by atoms with Crippen molar-refractivity contribution in [2.75, 3.05) is 18.6 Å². The molecule has 1 atom stereocenters. The van der Waals surface area contributed by atoms with Crippen LogP contribution >= 0.6 is 0 Å². The normalized spacial score (nSPS) is 14.8. The van der Waals surface area contributed by atoms with Gasteiger partial charge in [-0.15, -0.1) is 0 Å². The summed E-state index contributed by atoms with van der Waals surface area (Å²) in [4.78, 5) is 0. The summed E-state index contributed by atoms with van der Waals surface area (Å²) >= 11 is 0. The Morgan fingerprint density at radius 2 is 1.77 bits per heavy atom. The summed E-state index contributed by atoms with van der Waals surface area (Å²) in [5.74, 6) is 0.878. The maximum atomic E-state index is 10.8. The lowest BCUT2D eigenvalue weighted by Crippen LogP contribution is -2.32. The van der Waals surface area contributed by atoms with Crippen LogP contribution in [0.3, 0.4) is 0 Å². The average molecular weight is 207 g/mol. The summed E-state index contributed by atoms with van der Waals surface area (Å²) in [6, 6.07) is 0.458. The number of hydrogen-bond acceptors (Lipinski definition) is 3. The summed E-state index contributed by atoms with van der Waals surface area (Å²) in [5.41, 5.74) is 0. The molecule has 13 heavy (non-hydrogen) atoms. The molecule has 0 saturated heterocycles. The molecule has 0 aliphatic heterocycles. The van der Waals surface area contributed by atoms with Crippen molar-refractivity contribution in [1.29, 1.82) is 0 Å². The molecule has 0 fully saturated rings. The van der Waals surface area contributed by atoms with Gasteiger partial charge in [0.25, 0.3) is 0 Å². The summed E-state index contributed by atoms with van der Waals surface area (Å²) in [6.45, 7) is 7.19. The molecule has 4 heteroatoms. The van der Waals surface area contributed by atoms with Crippen LogP contribution in [0.5, 0.6) is 0 Å². The van der Waals surface area contributed by atoms with E-state index in [0.717, 1.165) is 6.54 Å². The standard InChI is InChI=1S/C9H21NO2S/c1-8(2)9(3)10-6-5-7-13(4,11)12/h8-10H,5-7H2,1-4H3. The Labute approximate surface area is 81.8 Å². The van der Waals surface area contributed by atoms with Gasteiger partial charge in [-0.1, -0.05) is 13.8 Å². The van der Waals surface area contributed by atoms with Crippen LogP contribution in [-0.2, 0) is 9.84 Å². The highest BCUT2D eigenvalue weighted by Crippen LogP contribution is 1.99. The molecule has 3 nitrogen and oxygen atoms in total. The molecule has 0 aliphatic carbocycles. The Morgan fingerprint density at radius 3 is 2.15 bits per heavy atom. The van der Waals surface area contributed by atoms with Crippen LogP contribution in [0, 0.1) is 5.92 Å². The zero-order valence-electron chi connectivity index (χ0n) is 9.00. The lowest BCUT2D eigenvalue weighted by molar-refractivity contribution is 0.428. The van der Waals surface area contributed by atoms with E-state index in [9.17, 15) is 8.42 Å². The Kier molecular flexibility index (Phi) is 5.56. The Morgan fingerprint density at radius 1 is 1.23 bits per heavy atom. The van der Waals surface area contributed by atoms with E-state index in [4.69, 9.17) is 0 Å². The second-order valence-electron chi connectivity index (χ2n) is 3.97. The summed E-state index contributed by atoms with van der Waals surface area (Å²) in [5, 5.41) is 3.29. The second-order valence-corrected chi connectivity index (χ2v) is 6.23. The first-order chi connectivity index (χ1) is 5.83. The third kappa shape index (κ3) is 8.25. The van der Waals surface area contributed by atoms with Gasteiger partial charge in [0.05, 0.1) is 5.75 Å². The molecule has 0 heterocycles. The highest BCUT2D eigenvalue weighted by molar-refractivity contribution is 7.90. The molecule has 0 aliphatic rings. The maximum Gasteiger partial charge on any atom is 0.147 e. The van der Waals surface area contributed by atoms with Gasteiger partial charge in [-0.25, -0.2) is 8.42 Å². The van der Waals surface area contributed by atoms with Gasteiger partial charge in [0.1, 0.15) is 9.84 Å². The maximum absolute atomic E-state index is 10.8. The minimum absolute atomic E-state index is 0.283. The smallest absolute Gasteiger partial charge is 0.147 e. The van der Waals surface area contributed by atoms with E-state index in [-0.39, 0.29) is 5.75 Å². The molecule has 0 aromatic heterocycles. The van der Waals surface area contributed by atoms with E-state index in [1.807, 2.05) is 0 Å². The van der Waals surface area contributed by atoms with Crippen LogP contribution in [0.4, 0.5) is 0 Å². The van der Waals surface area contributed by atoms with Gasteiger partial charge in [-0.3, -0.25) is 0 Å². The molecule has 80 valence electrons.